The number of hydrogen-bond acceptors (Lipinski definition) is 3. The fourth-order valence-corrected chi connectivity index (χ4v) is 3.00. The fourth-order valence-electron chi connectivity index (χ4n) is 2.87. The van der Waals surface area contributed by atoms with Gasteiger partial charge in [-0.25, -0.2) is 0 Å². The quantitative estimate of drug-likeness (QED) is 0.766. The molecule has 1 atom stereocenters. The Bertz CT molecular complexity index is 814. The molecule has 3 rings (SSSR count). The highest BCUT2D eigenvalue weighted by Gasteiger charge is 2.28. The number of esters is 1. The summed E-state index contributed by atoms with van der Waals surface area (Å²) in [6, 6.07) is 14.5. The summed E-state index contributed by atoms with van der Waals surface area (Å²) in [5, 5.41) is 0.637. The van der Waals surface area contributed by atoms with E-state index < -0.39 is 0 Å². The van der Waals surface area contributed by atoms with Crippen LogP contribution in [0.15, 0.2) is 54.7 Å². The van der Waals surface area contributed by atoms with Crippen LogP contribution in [-0.4, -0.2) is 16.8 Å². The minimum absolute atomic E-state index is 0.106. The maximum Gasteiger partial charge on any atom is 0.308 e. The van der Waals surface area contributed by atoms with Gasteiger partial charge in [-0.05, 0) is 34.9 Å². The van der Waals surface area contributed by atoms with Gasteiger partial charge in [-0.3, -0.25) is 9.59 Å². The van der Waals surface area contributed by atoms with Crippen molar-refractivity contribution in [2.24, 2.45) is 0 Å². The maximum absolute atomic E-state index is 12.3. The topological polar surface area (TPSA) is 46.6 Å². The lowest BCUT2D eigenvalue weighted by Gasteiger charge is -2.32. The van der Waals surface area contributed by atoms with Crippen LogP contribution in [0.25, 0.3) is 6.08 Å². The molecule has 4 nitrogen and oxygen atoms in total. The van der Waals surface area contributed by atoms with Gasteiger partial charge in [-0.1, -0.05) is 48.0 Å². The first-order valence-corrected chi connectivity index (χ1v) is 8.38. The number of fused-ring (bicyclic) bond motifs is 1. The van der Waals surface area contributed by atoms with Crippen LogP contribution in [0.2, 0.25) is 5.02 Å². The molecule has 0 aromatic heterocycles. The molecule has 1 amide bonds. The molecule has 0 bridgehead atoms. The van der Waals surface area contributed by atoms with E-state index in [0.717, 1.165) is 16.7 Å². The van der Waals surface area contributed by atoms with Gasteiger partial charge in [-0.15, -0.1) is 0 Å². The van der Waals surface area contributed by atoms with Crippen LogP contribution in [0.5, 0.6) is 0 Å². The third-order valence-electron chi connectivity index (χ3n) is 4.14. The third kappa shape index (κ3) is 4.09. The predicted molar refractivity (Wildman–Crippen MR) is 96.6 cm³/mol. The minimum Gasteiger partial charge on any atom is -0.461 e. The molecule has 2 aromatic rings. The first kappa shape index (κ1) is 17.2. The summed E-state index contributed by atoms with van der Waals surface area (Å²) in [6.07, 6.45) is 3.71. The zero-order valence-electron chi connectivity index (χ0n) is 13.8. The Morgan fingerprint density at radius 2 is 1.84 bits per heavy atom. The SMILES string of the molecule is CC(=O)N1C=Cc2ccccc2[C@H]1CC(=O)OCc1ccc(Cl)cc1. The second kappa shape index (κ2) is 7.53. The van der Waals surface area contributed by atoms with E-state index in [2.05, 4.69) is 0 Å². The van der Waals surface area contributed by atoms with E-state index in [4.69, 9.17) is 16.3 Å². The van der Waals surface area contributed by atoms with Crippen molar-refractivity contribution in [3.63, 3.8) is 0 Å². The third-order valence-corrected chi connectivity index (χ3v) is 4.39. The summed E-state index contributed by atoms with van der Waals surface area (Å²) in [5.41, 5.74) is 2.82. The van der Waals surface area contributed by atoms with E-state index in [1.54, 1.807) is 23.2 Å². The highest BCUT2D eigenvalue weighted by molar-refractivity contribution is 6.30. The van der Waals surface area contributed by atoms with Crippen LogP contribution >= 0.6 is 11.6 Å². The number of halogens is 1. The lowest BCUT2D eigenvalue weighted by molar-refractivity contribution is -0.146. The average Bonchev–Trinajstić information content (AvgIpc) is 2.61. The van der Waals surface area contributed by atoms with Crippen LogP contribution in [0, 0.1) is 0 Å². The standard InChI is InChI=1S/C20H18ClNO3/c1-14(23)22-11-10-16-4-2-3-5-18(16)19(22)12-20(24)25-13-15-6-8-17(21)9-7-15/h2-11,19H,12-13H2,1H3/t19-/m1/s1. The van der Waals surface area contributed by atoms with E-state index in [0.29, 0.717) is 5.02 Å². The monoisotopic (exact) mass is 355 g/mol. The van der Waals surface area contributed by atoms with Gasteiger partial charge < -0.3 is 9.64 Å². The first-order valence-electron chi connectivity index (χ1n) is 8.00. The largest absolute Gasteiger partial charge is 0.461 e. The van der Waals surface area contributed by atoms with Gasteiger partial charge in [-0.2, -0.15) is 0 Å². The Hall–Kier alpha value is -2.59. The zero-order chi connectivity index (χ0) is 17.8. The first-order chi connectivity index (χ1) is 12.0. The molecule has 25 heavy (non-hydrogen) atoms. The normalized spacial score (nSPS) is 15.6. The van der Waals surface area contributed by atoms with Gasteiger partial charge in [0.05, 0.1) is 12.5 Å². The van der Waals surface area contributed by atoms with Crippen molar-refractivity contribution in [1.29, 1.82) is 0 Å². The molecule has 1 aliphatic rings. The van der Waals surface area contributed by atoms with Crippen LogP contribution in [0.4, 0.5) is 0 Å². The van der Waals surface area contributed by atoms with Crippen molar-refractivity contribution in [1.82, 2.24) is 4.90 Å². The number of amides is 1. The molecule has 0 saturated carbocycles. The van der Waals surface area contributed by atoms with Crippen molar-refractivity contribution in [3.8, 4) is 0 Å². The van der Waals surface area contributed by atoms with Gasteiger partial charge in [0.25, 0.3) is 0 Å². The Kier molecular flexibility index (Phi) is 5.19. The van der Waals surface area contributed by atoms with Crippen molar-refractivity contribution in [2.45, 2.75) is 26.0 Å². The van der Waals surface area contributed by atoms with Gasteiger partial charge in [0.1, 0.15) is 6.61 Å². The minimum atomic E-state index is -0.351. The van der Waals surface area contributed by atoms with Gasteiger partial charge in [0, 0.05) is 18.1 Å². The molecule has 0 fully saturated rings. The van der Waals surface area contributed by atoms with E-state index >= 15 is 0 Å². The van der Waals surface area contributed by atoms with Crippen molar-refractivity contribution in [2.75, 3.05) is 0 Å². The number of rotatable bonds is 4. The molecule has 0 N–H and O–H groups in total. The molecule has 0 saturated heterocycles. The second-order valence-electron chi connectivity index (χ2n) is 5.88. The highest BCUT2D eigenvalue weighted by Crippen LogP contribution is 2.33. The molecule has 2 aromatic carbocycles. The van der Waals surface area contributed by atoms with E-state index in [9.17, 15) is 9.59 Å². The van der Waals surface area contributed by atoms with Crippen LogP contribution in [-0.2, 0) is 20.9 Å². The Balaban J connectivity index is 1.70. The smallest absolute Gasteiger partial charge is 0.308 e. The van der Waals surface area contributed by atoms with Crippen LogP contribution < -0.4 is 0 Å². The van der Waals surface area contributed by atoms with E-state index in [1.165, 1.54) is 6.92 Å². The summed E-state index contributed by atoms with van der Waals surface area (Å²) < 4.78 is 5.37. The van der Waals surface area contributed by atoms with E-state index in [-0.39, 0.29) is 30.9 Å². The summed E-state index contributed by atoms with van der Waals surface area (Å²) in [4.78, 5) is 25.8. The molecular formula is C20H18ClNO3. The predicted octanol–water partition coefficient (Wildman–Crippen LogP) is 4.35. The van der Waals surface area contributed by atoms with Gasteiger partial charge in [0.15, 0.2) is 0 Å². The van der Waals surface area contributed by atoms with Gasteiger partial charge in [0.2, 0.25) is 5.91 Å². The van der Waals surface area contributed by atoms with Crippen molar-refractivity contribution < 1.29 is 14.3 Å². The molecule has 0 aliphatic carbocycles. The van der Waals surface area contributed by atoms with Gasteiger partial charge >= 0.3 is 5.97 Å². The molecule has 0 unspecified atom stereocenters. The molecule has 128 valence electrons. The number of hydrogen-bond donors (Lipinski definition) is 0. The highest BCUT2D eigenvalue weighted by atomic mass is 35.5. The maximum atomic E-state index is 12.3. The fraction of sp³-hybridized carbons (Fsp3) is 0.200. The Labute approximate surface area is 151 Å². The number of nitrogens with zero attached hydrogens (tertiary/aromatic N) is 1. The molecule has 1 heterocycles. The number of carbonyl (C=O) groups excluding carboxylic acids is 2. The molecule has 5 heteroatoms. The molecule has 0 spiro atoms. The average molecular weight is 356 g/mol. The summed E-state index contributed by atoms with van der Waals surface area (Å²) in [7, 11) is 0. The lowest BCUT2D eigenvalue weighted by Crippen LogP contribution is -2.32. The number of benzene rings is 2. The second-order valence-corrected chi connectivity index (χ2v) is 6.31. The van der Waals surface area contributed by atoms with Crippen LogP contribution in [0.3, 0.4) is 0 Å². The summed E-state index contributed by atoms with van der Waals surface area (Å²) >= 11 is 5.85. The van der Waals surface area contributed by atoms with Crippen LogP contribution in [0.1, 0.15) is 36.1 Å². The Morgan fingerprint density at radius 1 is 1.12 bits per heavy atom. The zero-order valence-corrected chi connectivity index (χ0v) is 14.6. The van der Waals surface area contributed by atoms with E-state index in [1.807, 2.05) is 42.5 Å². The summed E-state index contributed by atoms with van der Waals surface area (Å²) in [6.45, 7) is 1.67. The Morgan fingerprint density at radius 3 is 2.56 bits per heavy atom. The van der Waals surface area contributed by atoms with Crippen molar-refractivity contribution >= 4 is 29.6 Å². The summed E-state index contributed by atoms with van der Waals surface area (Å²) in [5.74, 6) is -0.461. The molecule has 0 radical (unpaired) electrons. The molecular weight excluding hydrogens is 338 g/mol. The van der Waals surface area contributed by atoms with Crippen molar-refractivity contribution in [3.05, 3.63) is 76.4 Å². The number of ether oxygens (including phenoxy) is 1. The lowest BCUT2D eigenvalue weighted by atomic mass is 9.94. The molecule has 1 aliphatic heterocycles. The number of carbonyl (C=O) groups is 2.